The van der Waals surface area contributed by atoms with Gasteiger partial charge in [-0.05, 0) is 23.7 Å². The van der Waals surface area contributed by atoms with Crippen LogP contribution >= 0.6 is 0 Å². The molecule has 0 aromatic rings. The zero-order valence-corrected chi connectivity index (χ0v) is 8.47. The van der Waals surface area contributed by atoms with Gasteiger partial charge in [-0.2, -0.15) is 0 Å². The molecule has 0 nitrogen and oxygen atoms in total. The van der Waals surface area contributed by atoms with E-state index in [9.17, 15) is 0 Å². The van der Waals surface area contributed by atoms with E-state index in [0.717, 1.165) is 10.9 Å². The molecule has 0 spiro atoms. The van der Waals surface area contributed by atoms with Crippen LogP contribution in [0.25, 0.3) is 0 Å². The van der Waals surface area contributed by atoms with Gasteiger partial charge in [-0.25, -0.2) is 0 Å². The van der Waals surface area contributed by atoms with Crippen LogP contribution in [0.15, 0.2) is 0 Å². The van der Waals surface area contributed by atoms with Crippen molar-refractivity contribution in [1.29, 1.82) is 0 Å². The molecule has 1 heteroatoms. The summed E-state index contributed by atoms with van der Waals surface area (Å²) >= 11 is 0. The highest BCUT2D eigenvalue weighted by Gasteiger charge is 2.07. The third-order valence-electron chi connectivity index (χ3n) is 1.69. The second-order valence-corrected chi connectivity index (χ2v) is 5.28. The molecule has 0 N–H and O–H groups in total. The first-order chi connectivity index (χ1) is 4.81. The first kappa shape index (κ1) is 10.3. The maximum Gasteiger partial charge on any atom is 0.107 e. The molecule has 0 amide bonds. The van der Waals surface area contributed by atoms with Crippen LogP contribution in [0, 0.1) is 0 Å². The molecular weight excluding hydrogens is 140 g/mol. The molecule has 0 atom stereocenters. The van der Waals surface area contributed by atoms with Crippen LogP contribution in [0.1, 0.15) is 39.5 Å². The molecule has 0 aliphatic heterocycles. The van der Waals surface area contributed by atoms with E-state index in [-0.39, 0.29) is 0 Å². The monoisotopic (exact) mass is 161 g/mol. The second kappa shape index (κ2) is 7.46. The summed E-state index contributed by atoms with van der Waals surface area (Å²) in [5.74, 6) is 2.94. The van der Waals surface area contributed by atoms with Crippen molar-refractivity contribution in [3.05, 3.63) is 0 Å². The number of hydrogen-bond acceptors (Lipinski definition) is 0. The lowest BCUT2D eigenvalue weighted by Crippen LogP contribution is -2.09. The quantitative estimate of drug-likeness (QED) is 0.526. The molecule has 0 unspecified atom stereocenters. The van der Waals surface area contributed by atoms with Crippen molar-refractivity contribution in [3.63, 3.8) is 0 Å². The van der Waals surface area contributed by atoms with Crippen molar-refractivity contribution in [2.24, 2.45) is 0 Å². The molecule has 0 fully saturated rings. The average Bonchev–Trinajstić information content (AvgIpc) is 1.97. The highest BCUT2D eigenvalue weighted by Crippen LogP contribution is 2.01. The van der Waals surface area contributed by atoms with Gasteiger partial charge in [-0.1, -0.05) is 26.7 Å². The molecule has 0 bridgehead atoms. The van der Waals surface area contributed by atoms with Crippen LogP contribution in [-0.2, 0) is 10.9 Å². The van der Waals surface area contributed by atoms with Crippen LogP contribution in [-0.4, -0.2) is 17.8 Å². The topological polar surface area (TPSA) is 0 Å². The van der Waals surface area contributed by atoms with E-state index >= 15 is 0 Å². The molecule has 0 rings (SSSR count). The predicted octanol–water partition coefficient (Wildman–Crippen LogP) is 2.83. The zero-order chi connectivity index (χ0) is 7.82. The normalized spacial score (nSPS) is 10.8. The smallest absolute Gasteiger partial charge is 0.0652 e. The maximum atomic E-state index is 2.41. The highest BCUT2D eigenvalue weighted by atomic mass is 32.2. The molecule has 0 radical (unpaired) electrons. The van der Waals surface area contributed by atoms with Gasteiger partial charge < -0.3 is 0 Å². The lowest BCUT2D eigenvalue weighted by atomic mass is 10.4. The summed E-state index contributed by atoms with van der Waals surface area (Å²) in [6.07, 6.45) is 8.00. The number of hydrogen-bond donors (Lipinski definition) is 0. The highest BCUT2D eigenvalue weighted by molar-refractivity contribution is 7.96. The van der Waals surface area contributed by atoms with E-state index in [4.69, 9.17) is 0 Å². The molecule has 0 aliphatic rings. The fourth-order valence-electron chi connectivity index (χ4n) is 0.884. The lowest BCUT2D eigenvalue weighted by Gasteiger charge is -2.00. The third kappa shape index (κ3) is 6.47. The van der Waals surface area contributed by atoms with E-state index in [1.807, 2.05) is 0 Å². The van der Waals surface area contributed by atoms with E-state index < -0.39 is 0 Å². The van der Waals surface area contributed by atoms with Crippen LogP contribution in [0.3, 0.4) is 0 Å². The largest absolute Gasteiger partial charge is 0.107 e. The zero-order valence-electron chi connectivity index (χ0n) is 7.65. The molecular formula is C9H21S+. The van der Waals surface area contributed by atoms with Gasteiger partial charge in [-0.15, -0.1) is 0 Å². The Morgan fingerprint density at radius 2 is 1.30 bits per heavy atom. The van der Waals surface area contributed by atoms with E-state index in [0.29, 0.717) is 0 Å². The van der Waals surface area contributed by atoms with Crippen LogP contribution in [0.4, 0.5) is 0 Å². The maximum absolute atomic E-state index is 2.41. The second-order valence-electron chi connectivity index (χ2n) is 2.90. The van der Waals surface area contributed by atoms with Crippen molar-refractivity contribution in [1.82, 2.24) is 0 Å². The Balaban J connectivity index is 3.00. The van der Waals surface area contributed by atoms with E-state index in [1.54, 1.807) is 0 Å². The SMILES string of the molecule is CCCC[S+](C)CCCC. The molecule has 0 saturated heterocycles. The average molecular weight is 161 g/mol. The molecule has 0 heterocycles. The Morgan fingerprint density at radius 1 is 0.900 bits per heavy atom. The van der Waals surface area contributed by atoms with Gasteiger partial charge in [0, 0.05) is 0 Å². The van der Waals surface area contributed by atoms with Crippen molar-refractivity contribution >= 4 is 10.9 Å². The Kier molecular flexibility index (Phi) is 7.72. The van der Waals surface area contributed by atoms with Crippen LogP contribution < -0.4 is 0 Å². The Morgan fingerprint density at radius 3 is 1.60 bits per heavy atom. The van der Waals surface area contributed by atoms with Gasteiger partial charge in [0.25, 0.3) is 0 Å². The van der Waals surface area contributed by atoms with E-state index in [1.165, 1.54) is 37.2 Å². The first-order valence-electron chi connectivity index (χ1n) is 4.40. The Bertz CT molecular complexity index is 53.7. The van der Waals surface area contributed by atoms with Crippen molar-refractivity contribution in [2.45, 2.75) is 39.5 Å². The van der Waals surface area contributed by atoms with Crippen molar-refractivity contribution in [2.75, 3.05) is 17.8 Å². The predicted molar refractivity (Wildman–Crippen MR) is 52.8 cm³/mol. The van der Waals surface area contributed by atoms with Gasteiger partial charge in [0.15, 0.2) is 0 Å². The third-order valence-corrected chi connectivity index (χ3v) is 3.66. The minimum atomic E-state index is 0.730. The van der Waals surface area contributed by atoms with Gasteiger partial charge in [-0.3, -0.25) is 0 Å². The van der Waals surface area contributed by atoms with Crippen LogP contribution in [0.2, 0.25) is 0 Å². The fraction of sp³-hybridized carbons (Fsp3) is 1.00. The van der Waals surface area contributed by atoms with Crippen molar-refractivity contribution < 1.29 is 0 Å². The Labute approximate surface area is 68.7 Å². The van der Waals surface area contributed by atoms with E-state index in [2.05, 4.69) is 20.1 Å². The summed E-state index contributed by atoms with van der Waals surface area (Å²) in [5, 5.41) is 0. The first-order valence-corrected chi connectivity index (χ1v) is 6.37. The molecule has 0 aliphatic carbocycles. The molecule has 0 saturated carbocycles. The van der Waals surface area contributed by atoms with Crippen molar-refractivity contribution in [3.8, 4) is 0 Å². The summed E-state index contributed by atoms with van der Waals surface area (Å²) in [4.78, 5) is 0. The molecule has 10 heavy (non-hydrogen) atoms. The number of unbranched alkanes of at least 4 members (excludes halogenated alkanes) is 2. The minimum Gasteiger partial charge on any atom is -0.0652 e. The molecule has 62 valence electrons. The van der Waals surface area contributed by atoms with Gasteiger partial charge in [0.2, 0.25) is 0 Å². The summed E-state index contributed by atoms with van der Waals surface area (Å²) in [6.45, 7) is 4.55. The van der Waals surface area contributed by atoms with Gasteiger partial charge >= 0.3 is 0 Å². The summed E-state index contributed by atoms with van der Waals surface area (Å²) in [5.41, 5.74) is 0. The summed E-state index contributed by atoms with van der Waals surface area (Å²) in [6, 6.07) is 0. The number of rotatable bonds is 6. The van der Waals surface area contributed by atoms with Crippen LogP contribution in [0.5, 0.6) is 0 Å². The Hall–Kier alpha value is 0.350. The summed E-state index contributed by atoms with van der Waals surface area (Å²) < 4.78 is 0. The standard InChI is InChI=1S/C9H21S/c1-4-6-8-10(3)9-7-5-2/h4-9H2,1-3H3/q+1. The van der Waals surface area contributed by atoms with Gasteiger partial charge in [0.1, 0.15) is 11.5 Å². The van der Waals surface area contributed by atoms with Gasteiger partial charge in [0.05, 0.1) is 6.26 Å². The minimum absolute atomic E-state index is 0.730. The molecule has 0 aromatic carbocycles. The summed E-state index contributed by atoms with van der Waals surface area (Å²) in [7, 11) is 0.730. The fourth-order valence-corrected chi connectivity index (χ4v) is 2.65. The lowest BCUT2D eigenvalue weighted by molar-refractivity contribution is 0.873. The molecule has 0 aromatic heterocycles.